The van der Waals surface area contributed by atoms with Crippen LogP contribution in [0.1, 0.15) is 38.5 Å². The van der Waals surface area contributed by atoms with Crippen molar-refractivity contribution in [2.75, 3.05) is 23.9 Å². The predicted molar refractivity (Wildman–Crippen MR) is 93.1 cm³/mol. The van der Waals surface area contributed by atoms with Gasteiger partial charge in [0.25, 0.3) is 0 Å². The number of carbonyl (C=O) groups is 2. The first kappa shape index (κ1) is 16.8. The Morgan fingerprint density at radius 3 is 2.83 bits per heavy atom. The molecule has 1 saturated carbocycles. The normalized spacial score (nSPS) is 24.1. The second-order valence-corrected chi connectivity index (χ2v) is 6.65. The zero-order valence-electron chi connectivity index (χ0n) is 14.1. The first-order valence-corrected chi connectivity index (χ1v) is 8.63. The fourth-order valence-electron chi connectivity index (χ4n) is 3.54. The van der Waals surface area contributed by atoms with Gasteiger partial charge in [0, 0.05) is 30.6 Å². The van der Waals surface area contributed by atoms with Crippen LogP contribution in [0.2, 0.25) is 0 Å². The van der Waals surface area contributed by atoms with Crippen molar-refractivity contribution in [1.29, 1.82) is 0 Å². The van der Waals surface area contributed by atoms with Crippen LogP contribution < -0.4 is 20.7 Å². The monoisotopic (exact) mass is 331 g/mol. The fourth-order valence-corrected chi connectivity index (χ4v) is 3.54. The van der Waals surface area contributed by atoms with Crippen LogP contribution in [-0.2, 0) is 9.59 Å². The molecular weight excluding hydrogens is 306 g/mol. The summed E-state index contributed by atoms with van der Waals surface area (Å²) in [5, 5.41) is 2.96. The maximum atomic E-state index is 12.4. The average Bonchev–Trinajstić information content (AvgIpc) is 3.02. The topological polar surface area (TPSA) is 84.7 Å². The maximum Gasteiger partial charge on any atom is 0.227 e. The molecule has 130 valence electrons. The Hall–Kier alpha value is -2.08. The summed E-state index contributed by atoms with van der Waals surface area (Å²) in [6, 6.07) is 5.56. The number of amides is 2. The number of benzene rings is 1. The lowest BCUT2D eigenvalue weighted by Crippen LogP contribution is -2.35. The first-order chi connectivity index (χ1) is 11.6. The highest BCUT2D eigenvalue weighted by molar-refractivity contribution is 5.98. The molecule has 2 amide bonds. The molecule has 1 heterocycles. The van der Waals surface area contributed by atoms with Crippen molar-refractivity contribution >= 4 is 23.2 Å². The van der Waals surface area contributed by atoms with Crippen LogP contribution in [-0.4, -0.2) is 31.5 Å². The van der Waals surface area contributed by atoms with Crippen molar-refractivity contribution in [3.63, 3.8) is 0 Å². The van der Waals surface area contributed by atoms with Gasteiger partial charge >= 0.3 is 0 Å². The van der Waals surface area contributed by atoms with Crippen molar-refractivity contribution in [2.24, 2.45) is 11.7 Å². The largest absolute Gasteiger partial charge is 0.495 e. The number of nitrogens with two attached hydrogens (primary N) is 1. The lowest BCUT2D eigenvalue weighted by Gasteiger charge is -2.28. The van der Waals surface area contributed by atoms with Gasteiger partial charge in [0.1, 0.15) is 5.75 Å². The molecule has 1 aromatic carbocycles. The molecule has 1 aliphatic carbocycles. The molecule has 1 aliphatic heterocycles. The molecule has 3 N–H and O–H groups in total. The Morgan fingerprint density at radius 2 is 2.17 bits per heavy atom. The van der Waals surface area contributed by atoms with Gasteiger partial charge in [0.15, 0.2) is 0 Å². The van der Waals surface area contributed by atoms with Crippen molar-refractivity contribution < 1.29 is 14.3 Å². The standard InChI is InChI=1S/C18H25N3O3/c1-24-16-8-7-14(20-18(23)12-5-6-13(19)10-12)11-15(16)21-9-3-2-4-17(21)22/h7-8,11-13H,2-6,9-10,19H2,1H3,(H,20,23). The number of hydrogen-bond acceptors (Lipinski definition) is 4. The average molecular weight is 331 g/mol. The SMILES string of the molecule is COc1ccc(NC(=O)C2CCC(N)C2)cc1N1CCCCC1=O. The van der Waals surface area contributed by atoms with Crippen LogP contribution in [0.4, 0.5) is 11.4 Å². The Labute approximate surface area is 142 Å². The minimum absolute atomic E-state index is 0.00374. The second kappa shape index (κ2) is 7.21. The van der Waals surface area contributed by atoms with E-state index in [0.29, 0.717) is 24.4 Å². The van der Waals surface area contributed by atoms with Gasteiger partial charge in [0.05, 0.1) is 12.8 Å². The Bertz CT molecular complexity index is 632. The number of carbonyl (C=O) groups excluding carboxylic acids is 2. The van der Waals surface area contributed by atoms with Gasteiger partial charge in [-0.1, -0.05) is 0 Å². The Balaban J connectivity index is 1.78. The van der Waals surface area contributed by atoms with Crippen LogP contribution in [0.3, 0.4) is 0 Å². The Morgan fingerprint density at radius 1 is 1.33 bits per heavy atom. The molecule has 2 aliphatic rings. The van der Waals surface area contributed by atoms with Crippen LogP contribution >= 0.6 is 0 Å². The van der Waals surface area contributed by atoms with Gasteiger partial charge in [-0.3, -0.25) is 9.59 Å². The molecule has 2 atom stereocenters. The quantitative estimate of drug-likeness (QED) is 0.886. The lowest BCUT2D eigenvalue weighted by atomic mass is 10.1. The van der Waals surface area contributed by atoms with Gasteiger partial charge in [-0.15, -0.1) is 0 Å². The van der Waals surface area contributed by atoms with Gasteiger partial charge in [-0.25, -0.2) is 0 Å². The molecule has 6 nitrogen and oxygen atoms in total. The summed E-state index contributed by atoms with van der Waals surface area (Å²) in [5.74, 6) is 0.724. The van der Waals surface area contributed by atoms with Crippen LogP contribution in [0.15, 0.2) is 18.2 Å². The van der Waals surface area contributed by atoms with Crippen LogP contribution in [0.25, 0.3) is 0 Å². The van der Waals surface area contributed by atoms with E-state index in [0.717, 1.165) is 37.8 Å². The van der Waals surface area contributed by atoms with Gasteiger partial charge in [-0.05, 0) is 50.3 Å². The number of anilines is 2. The fraction of sp³-hybridized carbons (Fsp3) is 0.556. The number of ether oxygens (including phenoxy) is 1. The van der Waals surface area contributed by atoms with E-state index in [-0.39, 0.29) is 23.8 Å². The molecule has 1 aromatic rings. The predicted octanol–water partition coefficient (Wildman–Crippen LogP) is 2.28. The van der Waals surface area contributed by atoms with E-state index >= 15 is 0 Å². The van der Waals surface area contributed by atoms with E-state index in [1.54, 1.807) is 18.1 Å². The smallest absolute Gasteiger partial charge is 0.227 e. The summed E-state index contributed by atoms with van der Waals surface area (Å²) in [5.41, 5.74) is 7.31. The zero-order chi connectivity index (χ0) is 17.1. The van der Waals surface area contributed by atoms with E-state index in [2.05, 4.69) is 5.32 Å². The number of nitrogens with one attached hydrogen (secondary N) is 1. The van der Waals surface area contributed by atoms with Crippen molar-refractivity contribution in [3.05, 3.63) is 18.2 Å². The minimum Gasteiger partial charge on any atom is -0.495 e. The number of piperidine rings is 1. The molecule has 0 bridgehead atoms. The van der Waals surface area contributed by atoms with E-state index in [1.807, 2.05) is 12.1 Å². The third-order valence-electron chi connectivity index (χ3n) is 4.90. The number of hydrogen-bond donors (Lipinski definition) is 2. The summed E-state index contributed by atoms with van der Waals surface area (Å²) < 4.78 is 5.40. The van der Waals surface area contributed by atoms with Gasteiger partial charge < -0.3 is 20.7 Å². The third kappa shape index (κ3) is 3.53. The van der Waals surface area contributed by atoms with Crippen LogP contribution in [0.5, 0.6) is 5.75 Å². The molecule has 3 rings (SSSR count). The summed E-state index contributed by atoms with van der Waals surface area (Å²) in [7, 11) is 1.59. The molecular formula is C18H25N3O3. The lowest BCUT2D eigenvalue weighted by molar-refractivity contribution is -0.120. The molecule has 0 radical (unpaired) electrons. The molecule has 2 fully saturated rings. The third-order valence-corrected chi connectivity index (χ3v) is 4.90. The maximum absolute atomic E-state index is 12.4. The summed E-state index contributed by atoms with van der Waals surface area (Å²) in [6.45, 7) is 0.685. The first-order valence-electron chi connectivity index (χ1n) is 8.63. The molecule has 0 spiro atoms. The summed E-state index contributed by atoms with van der Waals surface area (Å²) in [4.78, 5) is 26.4. The molecule has 0 aromatic heterocycles. The highest BCUT2D eigenvalue weighted by Crippen LogP contribution is 2.34. The summed E-state index contributed by atoms with van der Waals surface area (Å²) in [6.07, 6.45) is 4.93. The van der Waals surface area contributed by atoms with E-state index in [9.17, 15) is 9.59 Å². The van der Waals surface area contributed by atoms with Crippen molar-refractivity contribution in [2.45, 2.75) is 44.6 Å². The van der Waals surface area contributed by atoms with E-state index < -0.39 is 0 Å². The Kier molecular flexibility index (Phi) is 5.04. The molecule has 24 heavy (non-hydrogen) atoms. The highest BCUT2D eigenvalue weighted by Gasteiger charge is 2.28. The minimum atomic E-state index is -0.0258. The zero-order valence-corrected chi connectivity index (χ0v) is 14.1. The number of nitrogens with zero attached hydrogens (tertiary/aromatic N) is 1. The van der Waals surface area contributed by atoms with Crippen molar-refractivity contribution in [1.82, 2.24) is 0 Å². The van der Waals surface area contributed by atoms with E-state index in [1.165, 1.54) is 0 Å². The van der Waals surface area contributed by atoms with Gasteiger partial charge in [-0.2, -0.15) is 0 Å². The highest BCUT2D eigenvalue weighted by atomic mass is 16.5. The van der Waals surface area contributed by atoms with Crippen LogP contribution in [0, 0.1) is 5.92 Å². The van der Waals surface area contributed by atoms with Gasteiger partial charge in [0.2, 0.25) is 11.8 Å². The van der Waals surface area contributed by atoms with Crippen molar-refractivity contribution in [3.8, 4) is 5.75 Å². The molecule has 6 heteroatoms. The summed E-state index contributed by atoms with van der Waals surface area (Å²) >= 11 is 0. The number of methoxy groups -OCH3 is 1. The molecule has 2 unspecified atom stereocenters. The number of rotatable bonds is 4. The second-order valence-electron chi connectivity index (χ2n) is 6.65. The van der Waals surface area contributed by atoms with E-state index in [4.69, 9.17) is 10.5 Å². The molecule has 1 saturated heterocycles.